The molecule has 0 radical (unpaired) electrons. The quantitative estimate of drug-likeness (QED) is 0.712. The van der Waals surface area contributed by atoms with Gasteiger partial charge in [0.25, 0.3) is 11.8 Å². The van der Waals surface area contributed by atoms with Crippen molar-refractivity contribution < 1.29 is 9.59 Å². The number of nitrogens with zero attached hydrogens (tertiary/aromatic N) is 1. The van der Waals surface area contributed by atoms with Crippen molar-refractivity contribution in [1.29, 1.82) is 0 Å². The normalized spacial score (nSPS) is 10.2. The molecule has 0 unspecified atom stereocenters. The lowest BCUT2D eigenvalue weighted by Gasteiger charge is -2.09. The predicted octanol–water partition coefficient (Wildman–Crippen LogP) is 2.31. The minimum atomic E-state index is -0.415. The Bertz CT molecular complexity index is 826. The van der Waals surface area contributed by atoms with Gasteiger partial charge in [-0.3, -0.25) is 25.4 Å². The number of rotatable bonds is 2. The first-order chi connectivity index (χ1) is 10.8. The maximum absolute atomic E-state index is 12.3. The number of nitrogens with one attached hydrogen (secondary N) is 2. The molecule has 0 aliphatic heterocycles. The summed E-state index contributed by atoms with van der Waals surface area (Å²) in [5.41, 5.74) is 5.69. The topological polar surface area (TPSA) is 71.1 Å². The molecule has 2 aromatic carbocycles. The number of benzene rings is 2. The van der Waals surface area contributed by atoms with Crippen molar-refractivity contribution in [3.05, 3.63) is 78.1 Å². The van der Waals surface area contributed by atoms with Gasteiger partial charge in [-0.25, -0.2) is 0 Å². The second-order valence-electron chi connectivity index (χ2n) is 4.68. The first-order valence-corrected chi connectivity index (χ1v) is 6.74. The molecule has 3 rings (SSSR count). The van der Waals surface area contributed by atoms with E-state index < -0.39 is 5.91 Å². The third-order valence-corrected chi connectivity index (χ3v) is 3.25. The third kappa shape index (κ3) is 2.78. The van der Waals surface area contributed by atoms with E-state index in [1.807, 2.05) is 30.3 Å². The number of hydrazine groups is 1. The Morgan fingerprint density at radius 2 is 1.59 bits per heavy atom. The highest BCUT2D eigenvalue weighted by atomic mass is 16.2. The number of aromatic nitrogens is 1. The predicted molar refractivity (Wildman–Crippen MR) is 83.1 cm³/mol. The Hall–Kier alpha value is -3.21. The highest BCUT2D eigenvalue weighted by Crippen LogP contribution is 2.18. The number of amides is 2. The molecule has 0 bridgehead atoms. The van der Waals surface area contributed by atoms with Gasteiger partial charge in [0, 0.05) is 18.0 Å². The molecule has 0 aliphatic rings. The molecular weight excluding hydrogens is 278 g/mol. The summed E-state index contributed by atoms with van der Waals surface area (Å²) in [5, 5.41) is 1.80. The summed E-state index contributed by atoms with van der Waals surface area (Å²) in [5.74, 6) is -0.782. The number of hydrogen-bond donors (Lipinski definition) is 2. The smallest absolute Gasteiger partial charge is 0.267 e. The molecule has 3 aromatic rings. The van der Waals surface area contributed by atoms with E-state index in [0.717, 1.165) is 10.8 Å². The summed E-state index contributed by atoms with van der Waals surface area (Å²) in [6.45, 7) is 0. The van der Waals surface area contributed by atoms with Crippen molar-refractivity contribution in [2.45, 2.75) is 0 Å². The molecule has 22 heavy (non-hydrogen) atoms. The molecule has 5 nitrogen and oxygen atoms in total. The lowest BCUT2D eigenvalue weighted by Crippen LogP contribution is -2.41. The molecule has 0 fully saturated rings. The Labute approximate surface area is 127 Å². The van der Waals surface area contributed by atoms with E-state index in [4.69, 9.17) is 0 Å². The van der Waals surface area contributed by atoms with Crippen LogP contribution in [-0.2, 0) is 0 Å². The monoisotopic (exact) mass is 291 g/mol. The zero-order chi connectivity index (χ0) is 15.4. The van der Waals surface area contributed by atoms with Crippen molar-refractivity contribution in [2.24, 2.45) is 0 Å². The summed E-state index contributed by atoms with van der Waals surface area (Å²) in [6.07, 6.45) is 3.00. The van der Waals surface area contributed by atoms with Gasteiger partial charge in [-0.15, -0.1) is 0 Å². The first-order valence-electron chi connectivity index (χ1n) is 6.74. The Morgan fingerprint density at radius 3 is 2.41 bits per heavy atom. The van der Waals surface area contributed by atoms with Crippen LogP contribution in [0.15, 0.2) is 67.0 Å². The zero-order valence-electron chi connectivity index (χ0n) is 11.6. The van der Waals surface area contributed by atoms with E-state index in [9.17, 15) is 9.59 Å². The number of pyridine rings is 1. The average Bonchev–Trinajstić information content (AvgIpc) is 2.59. The minimum absolute atomic E-state index is 0.367. The molecule has 0 atom stereocenters. The van der Waals surface area contributed by atoms with E-state index in [-0.39, 0.29) is 5.91 Å². The van der Waals surface area contributed by atoms with Crippen LogP contribution in [0.3, 0.4) is 0 Å². The van der Waals surface area contributed by atoms with Crippen molar-refractivity contribution in [3.8, 4) is 0 Å². The van der Waals surface area contributed by atoms with Crippen molar-refractivity contribution in [2.75, 3.05) is 0 Å². The molecule has 2 amide bonds. The number of fused-ring (bicyclic) bond motifs is 1. The molecule has 108 valence electrons. The number of carbonyl (C=O) groups is 2. The highest BCUT2D eigenvalue weighted by molar-refractivity contribution is 6.07. The van der Waals surface area contributed by atoms with Gasteiger partial charge in [-0.05, 0) is 29.0 Å². The summed E-state index contributed by atoms with van der Waals surface area (Å²) in [6, 6.07) is 16.3. The van der Waals surface area contributed by atoms with Crippen molar-refractivity contribution >= 4 is 22.6 Å². The van der Waals surface area contributed by atoms with E-state index in [1.165, 1.54) is 6.20 Å². The first kappa shape index (κ1) is 13.8. The molecule has 0 saturated heterocycles. The maximum Gasteiger partial charge on any atom is 0.271 e. The largest absolute Gasteiger partial charge is 0.271 e. The molecule has 1 aromatic heterocycles. The van der Waals surface area contributed by atoms with Crippen LogP contribution < -0.4 is 10.9 Å². The van der Waals surface area contributed by atoms with Crippen LogP contribution in [0.2, 0.25) is 0 Å². The van der Waals surface area contributed by atoms with E-state index in [2.05, 4.69) is 15.8 Å². The standard InChI is InChI=1S/C17H13N3O2/c21-16(13-7-4-10-18-11-13)19-20-17(22)15-9-3-6-12-5-1-2-8-14(12)15/h1-11H,(H,19,21)(H,20,22). The van der Waals surface area contributed by atoms with Gasteiger partial charge < -0.3 is 0 Å². The van der Waals surface area contributed by atoms with E-state index in [0.29, 0.717) is 11.1 Å². The van der Waals surface area contributed by atoms with E-state index >= 15 is 0 Å². The third-order valence-electron chi connectivity index (χ3n) is 3.25. The SMILES string of the molecule is O=C(NNC(=O)c1cccc2ccccc12)c1cccnc1. The average molecular weight is 291 g/mol. The van der Waals surface area contributed by atoms with Gasteiger partial charge in [0.05, 0.1) is 5.56 Å². The fraction of sp³-hybridized carbons (Fsp3) is 0. The van der Waals surface area contributed by atoms with Crippen LogP contribution in [0.25, 0.3) is 10.8 Å². The highest BCUT2D eigenvalue weighted by Gasteiger charge is 2.11. The van der Waals surface area contributed by atoms with Gasteiger partial charge >= 0.3 is 0 Å². The number of carbonyl (C=O) groups excluding carboxylic acids is 2. The molecule has 0 spiro atoms. The summed E-state index contributed by atoms with van der Waals surface area (Å²) >= 11 is 0. The second-order valence-corrected chi connectivity index (χ2v) is 4.68. The zero-order valence-corrected chi connectivity index (χ0v) is 11.6. The lowest BCUT2D eigenvalue weighted by molar-refractivity contribution is 0.0847. The maximum atomic E-state index is 12.3. The van der Waals surface area contributed by atoms with Crippen LogP contribution >= 0.6 is 0 Å². The molecule has 0 aliphatic carbocycles. The Balaban J connectivity index is 1.76. The molecular formula is C17H13N3O2. The summed E-state index contributed by atoms with van der Waals surface area (Å²) in [7, 11) is 0. The van der Waals surface area contributed by atoms with Crippen LogP contribution in [-0.4, -0.2) is 16.8 Å². The molecule has 2 N–H and O–H groups in total. The second kappa shape index (κ2) is 6.05. The van der Waals surface area contributed by atoms with Gasteiger partial charge in [-0.2, -0.15) is 0 Å². The fourth-order valence-electron chi connectivity index (χ4n) is 2.17. The Kier molecular flexibility index (Phi) is 3.78. The van der Waals surface area contributed by atoms with Crippen molar-refractivity contribution in [3.63, 3.8) is 0 Å². The van der Waals surface area contributed by atoms with Crippen LogP contribution in [0, 0.1) is 0 Å². The van der Waals surface area contributed by atoms with Crippen LogP contribution in [0.5, 0.6) is 0 Å². The van der Waals surface area contributed by atoms with Gasteiger partial charge in [0.15, 0.2) is 0 Å². The summed E-state index contributed by atoms with van der Waals surface area (Å²) < 4.78 is 0. The minimum Gasteiger partial charge on any atom is -0.267 e. The number of hydrogen-bond acceptors (Lipinski definition) is 3. The molecule has 1 heterocycles. The van der Waals surface area contributed by atoms with Gasteiger partial charge in [0.2, 0.25) is 0 Å². The van der Waals surface area contributed by atoms with Crippen molar-refractivity contribution in [1.82, 2.24) is 15.8 Å². The lowest BCUT2D eigenvalue weighted by atomic mass is 10.0. The summed E-state index contributed by atoms with van der Waals surface area (Å²) in [4.78, 5) is 28.0. The van der Waals surface area contributed by atoms with Crippen LogP contribution in [0.4, 0.5) is 0 Å². The van der Waals surface area contributed by atoms with Gasteiger partial charge in [0.1, 0.15) is 0 Å². The fourth-order valence-corrected chi connectivity index (χ4v) is 2.17. The molecule has 0 saturated carbocycles. The van der Waals surface area contributed by atoms with E-state index in [1.54, 1.807) is 30.5 Å². The molecule has 5 heteroatoms. The van der Waals surface area contributed by atoms with Gasteiger partial charge in [-0.1, -0.05) is 36.4 Å². The Morgan fingerprint density at radius 1 is 0.818 bits per heavy atom. The van der Waals surface area contributed by atoms with Crippen LogP contribution in [0.1, 0.15) is 20.7 Å².